The highest BCUT2D eigenvalue weighted by Crippen LogP contribution is 2.43. The van der Waals surface area contributed by atoms with Crippen molar-refractivity contribution in [3.8, 4) is 0 Å². The first-order valence-corrected chi connectivity index (χ1v) is 26.3. The molecule has 0 amide bonds. The van der Waals surface area contributed by atoms with E-state index >= 15 is 0 Å². The third kappa shape index (κ3) is 11.4. The predicted molar refractivity (Wildman–Crippen MR) is 297 cm³/mol. The Balaban J connectivity index is 0.738. The van der Waals surface area contributed by atoms with Crippen LogP contribution in [0.3, 0.4) is 0 Å². The van der Waals surface area contributed by atoms with Crippen LogP contribution in [0.5, 0.6) is 0 Å². The second-order valence-corrected chi connectivity index (χ2v) is 20.8. The molecule has 6 nitrogen and oxygen atoms in total. The number of anilines is 6. The number of benzene rings is 7. The van der Waals surface area contributed by atoms with E-state index in [0.717, 1.165) is 69.6 Å². The number of ether oxygens (including phenoxy) is 4. The zero-order valence-corrected chi connectivity index (χ0v) is 42.4. The summed E-state index contributed by atoms with van der Waals surface area (Å²) in [5.41, 5.74) is 18.8. The van der Waals surface area contributed by atoms with Crippen LogP contribution < -0.4 is 9.80 Å². The molecule has 11 rings (SSSR count). The van der Waals surface area contributed by atoms with E-state index in [-0.39, 0.29) is 0 Å². The van der Waals surface area contributed by atoms with Crippen LogP contribution in [0.1, 0.15) is 94.2 Å². The molecule has 0 aromatic heterocycles. The van der Waals surface area contributed by atoms with Crippen molar-refractivity contribution in [2.45, 2.75) is 104 Å². The topological polar surface area (TPSA) is 50.0 Å². The summed E-state index contributed by atoms with van der Waals surface area (Å²) < 4.78 is 24.1. The molecule has 0 spiro atoms. The van der Waals surface area contributed by atoms with E-state index in [1.807, 2.05) is 0 Å². The molecule has 6 unspecified atom stereocenters. The largest absolute Gasteiger partial charge is 0.376 e. The summed E-state index contributed by atoms with van der Waals surface area (Å²) in [6.45, 7) is 11.5. The molecule has 4 aliphatic rings. The SMILES string of the molecule is Cc1ccc(N(c2ccc(C=Cc3cccc(C=Cc4ccc(N(c5ccc(COCC6CCCC7OC67)cc5)c5ccc(C)c(C)c5)cc4)c3)cc2)c2ccc(COCC3CCCC4OC34)cc2)cc1C. The highest BCUT2D eigenvalue weighted by atomic mass is 16.6. The maximum absolute atomic E-state index is 6.21. The van der Waals surface area contributed by atoms with Gasteiger partial charge in [-0.05, 0) is 188 Å². The Hall–Kier alpha value is -6.54. The van der Waals surface area contributed by atoms with Gasteiger partial charge in [0, 0.05) is 46.0 Å². The Morgan fingerprint density at radius 2 is 0.778 bits per heavy atom. The van der Waals surface area contributed by atoms with Gasteiger partial charge in [-0.2, -0.15) is 0 Å². The highest BCUT2D eigenvalue weighted by molar-refractivity contribution is 5.81. The average molecular weight is 953 g/mol. The Morgan fingerprint density at radius 1 is 0.403 bits per heavy atom. The average Bonchev–Trinajstić information content (AvgIpc) is 4.36. The molecule has 6 heteroatoms. The van der Waals surface area contributed by atoms with Crippen LogP contribution in [-0.2, 0) is 32.2 Å². The Bertz CT molecular complexity index is 2810. The van der Waals surface area contributed by atoms with E-state index in [0.29, 0.717) is 49.5 Å². The summed E-state index contributed by atoms with van der Waals surface area (Å²) >= 11 is 0. The number of nitrogens with zero attached hydrogens (tertiary/aromatic N) is 2. The van der Waals surface area contributed by atoms with Gasteiger partial charge in [0.15, 0.2) is 0 Å². The first-order valence-electron chi connectivity index (χ1n) is 26.3. The molecule has 4 fully saturated rings. The maximum atomic E-state index is 6.21. The summed E-state index contributed by atoms with van der Waals surface area (Å²) in [7, 11) is 0. The fourth-order valence-corrected chi connectivity index (χ4v) is 10.8. The van der Waals surface area contributed by atoms with Gasteiger partial charge in [0.05, 0.1) is 50.8 Å². The highest BCUT2D eigenvalue weighted by Gasteiger charge is 2.47. The van der Waals surface area contributed by atoms with Crippen LogP contribution in [0.4, 0.5) is 34.1 Å². The van der Waals surface area contributed by atoms with Crippen molar-refractivity contribution in [2.75, 3.05) is 23.0 Å². The summed E-state index contributed by atoms with van der Waals surface area (Å²) in [4.78, 5) is 4.68. The lowest BCUT2D eigenvalue weighted by Crippen LogP contribution is -2.21. The minimum Gasteiger partial charge on any atom is -0.376 e. The smallest absolute Gasteiger partial charge is 0.0891 e. The first-order chi connectivity index (χ1) is 35.3. The van der Waals surface area contributed by atoms with Gasteiger partial charge in [-0.15, -0.1) is 0 Å². The van der Waals surface area contributed by atoms with Crippen molar-refractivity contribution < 1.29 is 18.9 Å². The molecule has 0 radical (unpaired) electrons. The van der Waals surface area contributed by atoms with Gasteiger partial charge in [0.1, 0.15) is 0 Å². The molecule has 2 saturated heterocycles. The molecule has 6 atom stereocenters. The van der Waals surface area contributed by atoms with Crippen LogP contribution in [0.2, 0.25) is 0 Å². The lowest BCUT2D eigenvalue weighted by atomic mass is 9.90. The van der Waals surface area contributed by atoms with E-state index < -0.39 is 0 Å². The van der Waals surface area contributed by atoms with Crippen molar-refractivity contribution in [3.63, 3.8) is 0 Å². The lowest BCUT2D eigenvalue weighted by Gasteiger charge is -2.26. The van der Waals surface area contributed by atoms with Crippen molar-refractivity contribution in [2.24, 2.45) is 11.8 Å². The minimum atomic E-state index is 0.429. The van der Waals surface area contributed by atoms with Gasteiger partial charge < -0.3 is 28.7 Å². The number of aryl methyl sites for hydroxylation is 4. The summed E-state index contributed by atoms with van der Waals surface area (Å²) in [6.07, 6.45) is 18.0. The predicted octanol–water partition coefficient (Wildman–Crippen LogP) is 16.4. The number of rotatable bonds is 18. The molecule has 7 aromatic rings. The quantitative estimate of drug-likeness (QED) is 0.0631. The van der Waals surface area contributed by atoms with E-state index in [9.17, 15) is 0 Å². The van der Waals surface area contributed by atoms with Crippen LogP contribution >= 0.6 is 0 Å². The fraction of sp³-hybridized carbons (Fsp3) is 0.303. The molecule has 7 aromatic carbocycles. The van der Waals surface area contributed by atoms with Crippen molar-refractivity contribution in [1.29, 1.82) is 0 Å². The monoisotopic (exact) mass is 953 g/mol. The van der Waals surface area contributed by atoms with Crippen LogP contribution in [0, 0.1) is 39.5 Å². The molecule has 0 bridgehead atoms. The maximum Gasteiger partial charge on any atom is 0.0891 e. The molecule has 366 valence electrons. The minimum absolute atomic E-state index is 0.429. The lowest BCUT2D eigenvalue weighted by molar-refractivity contribution is 0.0719. The number of fused-ring (bicyclic) bond motifs is 2. The summed E-state index contributed by atoms with van der Waals surface area (Å²) in [5.74, 6) is 1.08. The summed E-state index contributed by atoms with van der Waals surface area (Å²) in [6, 6.07) is 57.5. The van der Waals surface area contributed by atoms with Crippen LogP contribution in [-0.4, -0.2) is 37.6 Å². The molecule has 0 N–H and O–H groups in total. The molecular formula is C66H68N2O4. The Morgan fingerprint density at radius 3 is 1.18 bits per heavy atom. The van der Waals surface area contributed by atoms with Crippen LogP contribution in [0.25, 0.3) is 24.3 Å². The zero-order valence-electron chi connectivity index (χ0n) is 42.4. The number of hydrogen-bond acceptors (Lipinski definition) is 6. The fourth-order valence-electron chi connectivity index (χ4n) is 10.8. The number of epoxide rings is 2. The summed E-state index contributed by atoms with van der Waals surface area (Å²) in [5, 5.41) is 0. The molecule has 2 aliphatic heterocycles. The van der Waals surface area contributed by atoms with Crippen molar-refractivity contribution in [1.82, 2.24) is 0 Å². The standard InChI is InChI=1S/C66H68N2O4/c1-45-14-28-61(38-47(45)3)67(59-34-24-53(25-35-59)41-69-43-55-10-6-12-63-65(55)71-63)57-30-20-49(21-31-57)16-18-51-8-5-9-52(40-51)19-17-50-22-32-58(33-23-50)68(62-29-15-46(2)48(4)39-62)60-36-26-54(27-37-60)42-70-44-56-11-7-13-64-66(56)72-64/h5,8-9,14-40,55-56,63-66H,6-7,10-13,41-44H2,1-4H3. The Labute approximate surface area is 427 Å². The second kappa shape index (κ2) is 21.7. The van der Waals surface area contributed by atoms with E-state index in [1.165, 1.54) is 71.9 Å². The molecule has 72 heavy (non-hydrogen) atoms. The first kappa shape index (κ1) is 47.8. The van der Waals surface area contributed by atoms with Gasteiger partial charge in [-0.1, -0.05) is 116 Å². The van der Waals surface area contributed by atoms with E-state index in [2.05, 4.69) is 220 Å². The molecule has 2 heterocycles. The van der Waals surface area contributed by atoms with Gasteiger partial charge >= 0.3 is 0 Å². The number of hydrogen-bond donors (Lipinski definition) is 0. The third-order valence-electron chi connectivity index (χ3n) is 15.5. The van der Waals surface area contributed by atoms with Crippen molar-refractivity contribution >= 4 is 58.4 Å². The van der Waals surface area contributed by atoms with Gasteiger partial charge in [0.2, 0.25) is 0 Å². The van der Waals surface area contributed by atoms with E-state index in [1.54, 1.807) is 0 Å². The van der Waals surface area contributed by atoms with Crippen molar-refractivity contribution in [3.05, 3.63) is 213 Å². The van der Waals surface area contributed by atoms with E-state index in [4.69, 9.17) is 18.9 Å². The normalized spacial score (nSPS) is 21.1. The van der Waals surface area contributed by atoms with Gasteiger partial charge in [-0.25, -0.2) is 0 Å². The molecule has 2 aliphatic carbocycles. The molecular weight excluding hydrogens is 885 g/mol. The second-order valence-electron chi connectivity index (χ2n) is 20.8. The van der Waals surface area contributed by atoms with Gasteiger partial charge in [-0.3, -0.25) is 0 Å². The molecule has 2 saturated carbocycles. The zero-order chi connectivity index (χ0) is 49.0. The van der Waals surface area contributed by atoms with Crippen LogP contribution in [0.15, 0.2) is 158 Å². The van der Waals surface area contributed by atoms with Gasteiger partial charge in [0.25, 0.3) is 0 Å². The third-order valence-corrected chi connectivity index (χ3v) is 15.5. The Kier molecular flexibility index (Phi) is 14.4.